The highest BCUT2D eigenvalue weighted by atomic mass is 79.9. The van der Waals surface area contributed by atoms with Gasteiger partial charge < -0.3 is 10.5 Å². The molecule has 3 heteroatoms. The molecule has 0 heterocycles. The smallest absolute Gasteiger partial charge is 0.139 e. The summed E-state index contributed by atoms with van der Waals surface area (Å²) in [6.45, 7) is 4.05. The lowest BCUT2D eigenvalue weighted by Crippen LogP contribution is -2.29. The van der Waals surface area contributed by atoms with Gasteiger partial charge >= 0.3 is 0 Å². The van der Waals surface area contributed by atoms with Crippen molar-refractivity contribution in [1.29, 1.82) is 0 Å². The van der Waals surface area contributed by atoms with Crippen molar-refractivity contribution >= 4 is 15.9 Å². The van der Waals surface area contributed by atoms with Gasteiger partial charge in [-0.2, -0.15) is 0 Å². The normalized spacial score (nSPS) is 13.9. The predicted molar refractivity (Wildman–Crippen MR) is 82.3 cm³/mol. The Morgan fingerprint density at radius 3 is 2.26 bits per heavy atom. The highest BCUT2D eigenvalue weighted by Crippen LogP contribution is 2.27. The van der Waals surface area contributed by atoms with E-state index < -0.39 is 0 Å². The zero-order valence-corrected chi connectivity index (χ0v) is 12.7. The molecule has 0 spiro atoms. The van der Waals surface area contributed by atoms with Gasteiger partial charge in [-0.3, -0.25) is 0 Å². The molecule has 19 heavy (non-hydrogen) atoms. The van der Waals surface area contributed by atoms with Gasteiger partial charge in [0.1, 0.15) is 11.9 Å². The van der Waals surface area contributed by atoms with Crippen molar-refractivity contribution < 1.29 is 4.74 Å². The van der Waals surface area contributed by atoms with Gasteiger partial charge in [0.15, 0.2) is 0 Å². The maximum atomic E-state index is 6.08. The van der Waals surface area contributed by atoms with Gasteiger partial charge in [-0.25, -0.2) is 0 Å². The zero-order chi connectivity index (χ0) is 13.8. The highest BCUT2D eigenvalue weighted by molar-refractivity contribution is 9.10. The molecule has 2 N–H and O–H groups in total. The summed E-state index contributed by atoms with van der Waals surface area (Å²) in [5.41, 5.74) is 8.42. The van der Waals surface area contributed by atoms with E-state index in [1.807, 2.05) is 43.3 Å². The number of rotatable bonds is 4. The van der Waals surface area contributed by atoms with E-state index >= 15 is 0 Å². The van der Waals surface area contributed by atoms with E-state index in [1.165, 1.54) is 5.56 Å². The Kier molecular flexibility index (Phi) is 4.61. The molecule has 2 nitrogen and oxygen atoms in total. The van der Waals surface area contributed by atoms with Crippen LogP contribution >= 0.6 is 15.9 Å². The van der Waals surface area contributed by atoms with Crippen LogP contribution in [0.3, 0.4) is 0 Å². The van der Waals surface area contributed by atoms with Crippen molar-refractivity contribution in [2.45, 2.75) is 26.0 Å². The van der Waals surface area contributed by atoms with Crippen molar-refractivity contribution in [1.82, 2.24) is 0 Å². The molecule has 2 rings (SSSR count). The Morgan fingerprint density at radius 1 is 1.05 bits per heavy atom. The van der Waals surface area contributed by atoms with E-state index in [-0.39, 0.29) is 12.1 Å². The average Bonchev–Trinajstić information content (AvgIpc) is 2.39. The second-order valence-corrected chi connectivity index (χ2v) is 5.62. The van der Waals surface area contributed by atoms with Crippen LogP contribution in [0.25, 0.3) is 0 Å². The lowest BCUT2D eigenvalue weighted by molar-refractivity contribution is 0.179. The maximum Gasteiger partial charge on any atom is 0.139 e. The fraction of sp³-hybridized carbons (Fsp3) is 0.250. The molecule has 100 valence electrons. The van der Waals surface area contributed by atoms with Gasteiger partial charge in [-0.05, 0) is 49.2 Å². The molecule has 0 saturated carbocycles. The minimum absolute atomic E-state index is 0.0789. The van der Waals surface area contributed by atoms with Gasteiger partial charge in [0.2, 0.25) is 0 Å². The monoisotopic (exact) mass is 319 g/mol. The molecule has 2 atom stereocenters. The number of benzene rings is 2. The number of aryl methyl sites for hydroxylation is 1. The summed E-state index contributed by atoms with van der Waals surface area (Å²) in [6, 6.07) is 15.9. The highest BCUT2D eigenvalue weighted by Gasteiger charge is 2.19. The van der Waals surface area contributed by atoms with Crippen molar-refractivity contribution in [3.63, 3.8) is 0 Å². The Balaban J connectivity index is 2.27. The van der Waals surface area contributed by atoms with Crippen LogP contribution in [0.5, 0.6) is 5.75 Å². The molecule has 0 saturated heterocycles. The fourth-order valence-corrected chi connectivity index (χ4v) is 2.28. The lowest BCUT2D eigenvalue weighted by Gasteiger charge is -2.24. The first-order chi connectivity index (χ1) is 9.08. The quantitative estimate of drug-likeness (QED) is 0.915. The largest absolute Gasteiger partial charge is 0.484 e. The van der Waals surface area contributed by atoms with E-state index in [0.29, 0.717) is 0 Å². The summed E-state index contributed by atoms with van der Waals surface area (Å²) in [6.07, 6.45) is -0.137. The Bertz CT molecular complexity index is 537. The standard InChI is InChI=1S/C16H18BrNO/c1-11-5-3-4-6-15(11)16(12(2)18)19-14-9-7-13(17)8-10-14/h3-10,12,16H,18H2,1-2H3. The Morgan fingerprint density at radius 2 is 1.68 bits per heavy atom. The van der Waals surface area contributed by atoms with Crippen molar-refractivity contribution in [3.05, 3.63) is 64.1 Å². The Hall–Kier alpha value is -1.32. The Labute approximate surface area is 122 Å². The first kappa shape index (κ1) is 14.1. The van der Waals surface area contributed by atoms with Crippen LogP contribution in [0.4, 0.5) is 0 Å². The molecule has 0 amide bonds. The van der Waals surface area contributed by atoms with Crippen LogP contribution in [0.15, 0.2) is 53.0 Å². The molecular weight excluding hydrogens is 302 g/mol. The van der Waals surface area contributed by atoms with Crippen LogP contribution in [0.1, 0.15) is 24.2 Å². The van der Waals surface area contributed by atoms with Gasteiger partial charge in [0, 0.05) is 10.5 Å². The summed E-state index contributed by atoms with van der Waals surface area (Å²) in [5, 5.41) is 0. The average molecular weight is 320 g/mol. The second-order valence-electron chi connectivity index (χ2n) is 4.71. The van der Waals surface area contributed by atoms with Crippen molar-refractivity contribution in [2.75, 3.05) is 0 Å². The van der Waals surface area contributed by atoms with E-state index in [2.05, 4.69) is 35.0 Å². The van der Waals surface area contributed by atoms with E-state index in [0.717, 1.165) is 15.8 Å². The zero-order valence-electron chi connectivity index (χ0n) is 11.1. The minimum atomic E-state index is -0.137. The molecule has 0 aliphatic rings. The van der Waals surface area contributed by atoms with Crippen LogP contribution in [-0.2, 0) is 0 Å². The third-order valence-corrected chi connectivity index (χ3v) is 3.58. The summed E-state index contributed by atoms with van der Waals surface area (Å²) in [4.78, 5) is 0. The fourth-order valence-electron chi connectivity index (χ4n) is 2.02. The first-order valence-electron chi connectivity index (χ1n) is 6.31. The lowest BCUT2D eigenvalue weighted by atomic mass is 9.99. The van der Waals surface area contributed by atoms with E-state index in [1.54, 1.807) is 0 Å². The van der Waals surface area contributed by atoms with Crippen LogP contribution in [-0.4, -0.2) is 6.04 Å². The molecule has 0 aliphatic carbocycles. The molecule has 2 unspecified atom stereocenters. The number of halogens is 1. The topological polar surface area (TPSA) is 35.2 Å². The second kappa shape index (κ2) is 6.22. The molecular formula is C16H18BrNO. The van der Waals surface area contributed by atoms with Crippen LogP contribution < -0.4 is 10.5 Å². The van der Waals surface area contributed by atoms with Gasteiger partial charge in [0.05, 0.1) is 0 Å². The van der Waals surface area contributed by atoms with Crippen molar-refractivity contribution in [3.8, 4) is 5.75 Å². The minimum Gasteiger partial charge on any atom is -0.484 e. The molecule has 2 aromatic carbocycles. The first-order valence-corrected chi connectivity index (χ1v) is 7.10. The third kappa shape index (κ3) is 3.58. The molecule has 0 aromatic heterocycles. The predicted octanol–water partition coefficient (Wildman–Crippen LogP) is 4.22. The molecule has 0 radical (unpaired) electrons. The summed E-state index contributed by atoms with van der Waals surface area (Å²) in [7, 11) is 0. The molecule has 2 aromatic rings. The van der Waals surface area contributed by atoms with Gasteiger partial charge in [-0.1, -0.05) is 40.2 Å². The molecule has 0 fully saturated rings. The number of nitrogens with two attached hydrogens (primary N) is 1. The van der Waals surface area contributed by atoms with E-state index in [4.69, 9.17) is 10.5 Å². The van der Waals surface area contributed by atoms with E-state index in [9.17, 15) is 0 Å². The van der Waals surface area contributed by atoms with Gasteiger partial charge in [0.25, 0.3) is 0 Å². The SMILES string of the molecule is Cc1ccccc1C(Oc1ccc(Br)cc1)C(C)N. The molecule has 0 aliphatic heterocycles. The molecule has 0 bridgehead atoms. The number of hydrogen-bond acceptors (Lipinski definition) is 2. The maximum absolute atomic E-state index is 6.08. The number of ether oxygens (including phenoxy) is 1. The van der Waals surface area contributed by atoms with Crippen molar-refractivity contribution in [2.24, 2.45) is 5.73 Å². The summed E-state index contributed by atoms with van der Waals surface area (Å²) in [5.74, 6) is 0.828. The summed E-state index contributed by atoms with van der Waals surface area (Å²) < 4.78 is 7.09. The van der Waals surface area contributed by atoms with Crippen LogP contribution in [0.2, 0.25) is 0 Å². The van der Waals surface area contributed by atoms with Gasteiger partial charge in [-0.15, -0.1) is 0 Å². The number of hydrogen-bond donors (Lipinski definition) is 1. The van der Waals surface area contributed by atoms with Crippen LogP contribution in [0, 0.1) is 6.92 Å². The third-order valence-electron chi connectivity index (χ3n) is 3.05. The summed E-state index contributed by atoms with van der Waals surface area (Å²) >= 11 is 3.42.